The van der Waals surface area contributed by atoms with Crippen molar-refractivity contribution in [3.63, 3.8) is 0 Å². The smallest absolute Gasteiger partial charge is 0.156 e. The van der Waals surface area contributed by atoms with Gasteiger partial charge < -0.3 is 0 Å². The fraction of sp³-hybridized carbons (Fsp3) is 0.350. The molecule has 0 bridgehead atoms. The lowest BCUT2D eigenvalue weighted by Gasteiger charge is -2.10. The van der Waals surface area contributed by atoms with Crippen LogP contribution < -0.4 is 5.43 Å². The van der Waals surface area contributed by atoms with E-state index in [1.807, 2.05) is 36.4 Å². The van der Waals surface area contributed by atoms with E-state index in [0.29, 0.717) is 5.17 Å². The fourth-order valence-electron chi connectivity index (χ4n) is 2.54. The molecule has 0 saturated carbocycles. The summed E-state index contributed by atoms with van der Waals surface area (Å²) in [6, 6.07) is 16.2. The number of rotatable bonds is 9. The minimum Gasteiger partial charge on any atom is -0.277 e. The third-order valence-electron chi connectivity index (χ3n) is 3.88. The highest BCUT2D eigenvalue weighted by Crippen LogP contribution is 2.24. The lowest BCUT2D eigenvalue weighted by atomic mass is 10.0. The Labute approximate surface area is 154 Å². The van der Waals surface area contributed by atoms with E-state index < -0.39 is 0 Å². The summed E-state index contributed by atoms with van der Waals surface area (Å²) in [5, 5.41) is 4.78. The van der Waals surface area contributed by atoms with E-state index in [1.165, 1.54) is 36.1 Å². The highest BCUT2D eigenvalue weighted by atomic mass is 35.5. The van der Waals surface area contributed by atoms with Gasteiger partial charge in [0.25, 0.3) is 0 Å². The first-order valence-corrected chi connectivity index (χ1v) is 10.1. The Morgan fingerprint density at radius 1 is 1.08 bits per heavy atom. The number of unbranched alkanes of at least 4 members (excludes halogenated alkanes) is 3. The minimum atomic E-state index is 0.487. The van der Waals surface area contributed by atoms with Gasteiger partial charge in [0.1, 0.15) is 0 Å². The summed E-state index contributed by atoms with van der Waals surface area (Å²) in [7, 11) is 0. The molecule has 2 rings (SSSR count). The quantitative estimate of drug-likeness (QED) is 0.237. The van der Waals surface area contributed by atoms with Crippen LogP contribution in [0.4, 0.5) is 5.69 Å². The number of anilines is 1. The van der Waals surface area contributed by atoms with Crippen LogP contribution in [-0.4, -0.2) is 11.4 Å². The summed E-state index contributed by atoms with van der Waals surface area (Å²) in [5.41, 5.74) is 6.26. The van der Waals surface area contributed by atoms with Gasteiger partial charge >= 0.3 is 0 Å². The summed E-state index contributed by atoms with van der Waals surface area (Å²) in [4.78, 5) is 1.33. The lowest BCUT2D eigenvalue weighted by molar-refractivity contribution is 0.663. The Bertz CT molecular complexity index is 656. The van der Waals surface area contributed by atoms with Gasteiger partial charge in [-0.1, -0.05) is 62.1 Å². The summed E-state index contributed by atoms with van der Waals surface area (Å²) >= 11 is 8.18. The Morgan fingerprint density at radius 2 is 1.88 bits per heavy atom. The number of hydrazone groups is 1. The molecule has 0 aliphatic carbocycles. The molecule has 0 aliphatic rings. The second-order valence-electron chi connectivity index (χ2n) is 5.72. The van der Waals surface area contributed by atoms with Crippen LogP contribution in [0.1, 0.15) is 43.7 Å². The molecule has 2 aromatic rings. The number of hydrogen-bond donors (Lipinski definition) is 1. The Balaban J connectivity index is 2.08. The molecule has 0 spiro atoms. The number of nitrogens with zero attached hydrogens (tertiary/aromatic N) is 1. The van der Waals surface area contributed by atoms with Crippen LogP contribution in [-0.2, 0) is 6.42 Å². The zero-order valence-corrected chi connectivity index (χ0v) is 16.0. The van der Waals surface area contributed by atoms with Crippen molar-refractivity contribution in [1.82, 2.24) is 0 Å². The molecular formula is C20H25ClN2S. The van der Waals surface area contributed by atoms with Crippen molar-refractivity contribution in [2.75, 3.05) is 11.7 Å². The van der Waals surface area contributed by atoms with Gasteiger partial charge in [0.2, 0.25) is 0 Å². The van der Waals surface area contributed by atoms with E-state index in [2.05, 4.69) is 35.8 Å². The van der Waals surface area contributed by atoms with E-state index in [1.54, 1.807) is 11.8 Å². The molecule has 1 N–H and O–H groups in total. The van der Waals surface area contributed by atoms with Crippen LogP contribution in [0, 0.1) is 0 Å². The van der Waals surface area contributed by atoms with Crippen LogP contribution in [0.2, 0.25) is 0 Å². The number of thioether (sulfide) groups is 1. The summed E-state index contributed by atoms with van der Waals surface area (Å²) < 4.78 is 0. The highest BCUT2D eigenvalue weighted by Gasteiger charge is 2.07. The molecule has 0 unspecified atom stereocenters. The van der Waals surface area contributed by atoms with Crippen molar-refractivity contribution >= 4 is 34.2 Å². The maximum absolute atomic E-state index is 6.39. The summed E-state index contributed by atoms with van der Waals surface area (Å²) in [6.07, 6.45) is 8.29. The van der Waals surface area contributed by atoms with Gasteiger partial charge in [-0.3, -0.25) is 5.43 Å². The number of nitrogens with one attached hydrogen (secondary N) is 1. The predicted octanol–water partition coefficient (Wildman–Crippen LogP) is 6.54. The first-order chi connectivity index (χ1) is 11.7. The van der Waals surface area contributed by atoms with Crippen molar-refractivity contribution in [2.24, 2.45) is 5.10 Å². The largest absolute Gasteiger partial charge is 0.277 e. The zero-order chi connectivity index (χ0) is 17.2. The van der Waals surface area contributed by atoms with Crippen LogP contribution in [0.25, 0.3) is 0 Å². The van der Waals surface area contributed by atoms with Crippen molar-refractivity contribution in [3.05, 3.63) is 59.7 Å². The molecule has 0 saturated heterocycles. The maximum Gasteiger partial charge on any atom is 0.156 e. The van der Waals surface area contributed by atoms with E-state index in [4.69, 9.17) is 11.6 Å². The first kappa shape index (κ1) is 18.9. The number of para-hydroxylation sites is 1. The molecule has 0 fully saturated rings. The van der Waals surface area contributed by atoms with Gasteiger partial charge in [-0.05, 0) is 48.9 Å². The van der Waals surface area contributed by atoms with Gasteiger partial charge in [-0.25, -0.2) is 0 Å². The Kier molecular flexibility index (Phi) is 8.20. The van der Waals surface area contributed by atoms with Gasteiger partial charge in [-0.2, -0.15) is 5.10 Å². The topological polar surface area (TPSA) is 24.4 Å². The summed E-state index contributed by atoms with van der Waals surface area (Å²) in [6.45, 7) is 2.24. The Hall–Kier alpha value is -1.45. The van der Waals surface area contributed by atoms with Crippen molar-refractivity contribution in [3.8, 4) is 0 Å². The molecule has 0 radical (unpaired) electrons. The van der Waals surface area contributed by atoms with Gasteiger partial charge in [0, 0.05) is 10.5 Å². The minimum absolute atomic E-state index is 0.487. The Morgan fingerprint density at radius 3 is 2.58 bits per heavy atom. The predicted molar refractivity (Wildman–Crippen MR) is 109 cm³/mol. The summed E-state index contributed by atoms with van der Waals surface area (Å²) in [5.74, 6) is 0. The number of halogens is 1. The van der Waals surface area contributed by atoms with Crippen LogP contribution in [0.3, 0.4) is 0 Å². The van der Waals surface area contributed by atoms with Crippen LogP contribution in [0.5, 0.6) is 0 Å². The van der Waals surface area contributed by atoms with Crippen LogP contribution in [0.15, 0.2) is 58.5 Å². The molecule has 2 aromatic carbocycles. The molecule has 2 nitrogen and oxygen atoms in total. The van der Waals surface area contributed by atoms with Crippen molar-refractivity contribution in [2.45, 2.75) is 43.9 Å². The van der Waals surface area contributed by atoms with E-state index >= 15 is 0 Å². The van der Waals surface area contributed by atoms with E-state index in [9.17, 15) is 0 Å². The lowest BCUT2D eigenvalue weighted by Crippen LogP contribution is -1.99. The average Bonchev–Trinajstić information content (AvgIpc) is 2.64. The average molecular weight is 361 g/mol. The number of benzene rings is 2. The van der Waals surface area contributed by atoms with Crippen LogP contribution >= 0.6 is 23.4 Å². The highest BCUT2D eigenvalue weighted by molar-refractivity contribution is 7.98. The molecule has 0 aromatic heterocycles. The third-order valence-corrected chi connectivity index (χ3v) is 5.02. The van der Waals surface area contributed by atoms with Crippen molar-refractivity contribution < 1.29 is 0 Å². The SMILES string of the molecule is CCCCCCc1cc(C(Cl)=NNc2ccccc2)ccc1SC. The van der Waals surface area contributed by atoms with Crippen molar-refractivity contribution in [1.29, 1.82) is 0 Å². The number of hydrogen-bond acceptors (Lipinski definition) is 3. The zero-order valence-electron chi connectivity index (χ0n) is 14.4. The first-order valence-electron chi connectivity index (χ1n) is 8.46. The van der Waals surface area contributed by atoms with Gasteiger partial charge in [0.15, 0.2) is 5.17 Å². The molecule has 0 heterocycles. The third kappa shape index (κ3) is 5.88. The molecule has 24 heavy (non-hydrogen) atoms. The molecule has 0 aliphatic heterocycles. The molecule has 128 valence electrons. The van der Waals surface area contributed by atoms with E-state index in [0.717, 1.165) is 17.7 Å². The van der Waals surface area contributed by atoms with Gasteiger partial charge in [0.05, 0.1) is 5.69 Å². The fourth-order valence-corrected chi connectivity index (χ4v) is 3.32. The number of aryl methyl sites for hydroxylation is 1. The second-order valence-corrected chi connectivity index (χ2v) is 6.92. The van der Waals surface area contributed by atoms with E-state index in [-0.39, 0.29) is 0 Å². The van der Waals surface area contributed by atoms with Gasteiger partial charge in [-0.15, -0.1) is 11.8 Å². The normalized spacial score (nSPS) is 11.5. The molecule has 0 amide bonds. The molecular weight excluding hydrogens is 336 g/mol. The molecule has 0 atom stereocenters. The maximum atomic E-state index is 6.39. The second kappa shape index (κ2) is 10.4. The standard InChI is InChI=1S/C20H25ClN2S/c1-3-4-5-7-10-16-15-17(13-14-19(16)24-2)20(21)23-22-18-11-8-6-9-12-18/h6,8-9,11-15,22H,3-5,7,10H2,1-2H3. The monoisotopic (exact) mass is 360 g/mol. The molecule has 4 heteroatoms.